The van der Waals surface area contributed by atoms with Gasteiger partial charge in [-0.05, 0) is 67.3 Å². The van der Waals surface area contributed by atoms with Crippen LogP contribution in [-0.2, 0) is 57.5 Å². The summed E-state index contributed by atoms with van der Waals surface area (Å²) in [5.74, 6) is -10.9. The van der Waals surface area contributed by atoms with Gasteiger partial charge in [0.25, 0.3) is 0 Å². The monoisotopic (exact) mass is 1080 g/mol. The van der Waals surface area contributed by atoms with Crippen molar-refractivity contribution in [2.45, 2.75) is 164 Å². The summed E-state index contributed by atoms with van der Waals surface area (Å²) < 4.78 is 0. The maximum atomic E-state index is 13.9. The first-order valence-corrected chi connectivity index (χ1v) is 27.0. The molecule has 0 saturated carbocycles. The molecule has 0 bridgehead atoms. The molecule has 0 spiro atoms. The Morgan fingerprint density at radius 1 is 0.440 bits per heavy atom. The highest BCUT2D eigenvalue weighted by molar-refractivity contribution is 7.98. The number of hydrogen-bond donors (Lipinski definition) is 13. The molecule has 10 unspecified atom stereocenters. The molecule has 0 aliphatic heterocycles. The number of nitrogens with one attached hydrogen (secondary N) is 11. The van der Waals surface area contributed by atoms with E-state index in [0.29, 0.717) is 18.6 Å². The fraction of sp³-hybridized carbons (Fsp3) is 0.755. The van der Waals surface area contributed by atoms with Crippen LogP contribution >= 0.6 is 11.8 Å². The lowest BCUT2D eigenvalue weighted by Gasteiger charge is -2.29. The van der Waals surface area contributed by atoms with Crippen molar-refractivity contribution >= 4 is 82.7 Å². The molecular formula is C49H88N12O13S. The van der Waals surface area contributed by atoms with Crippen LogP contribution in [0.3, 0.4) is 0 Å². The highest BCUT2D eigenvalue weighted by Crippen LogP contribution is 2.14. The van der Waals surface area contributed by atoms with E-state index in [9.17, 15) is 62.6 Å². The summed E-state index contributed by atoms with van der Waals surface area (Å²) >= 11 is 1.40. The second-order valence-electron chi connectivity index (χ2n) is 20.1. The van der Waals surface area contributed by atoms with Gasteiger partial charge >= 0.3 is 5.97 Å². The zero-order valence-corrected chi connectivity index (χ0v) is 47.1. The van der Waals surface area contributed by atoms with E-state index in [-0.39, 0.29) is 31.2 Å². The number of thioether (sulfide) groups is 1. The van der Waals surface area contributed by atoms with Crippen molar-refractivity contribution in [3.05, 3.63) is 0 Å². The Balaban J connectivity index is 5.89. The van der Waals surface area contributed by atoms with Crippen molar-refractivity contribution in [1.82, 2.24) is 58.5 Å². The van der Waals surface area contributed by atoms with Gasteiger partial charge < -0.3 is 69.3 Å². The van der Waals surface area contributed by atoms with Crippen LogP contribution in [0.2, 0.25) is 0 Å². The Hall–Kier alpha value is -6.05. The predicted octanol–water partition coefficient (Wildman–Crippen LogP) is -1.86. The molecule has 0 rings (SSSR count). The molecule has 0 saturated heterocycles. The Kier molecular flexibility index (Phi) is 32.4. The molecule has 0 heterocycles. The number of nitrogens with two attached hydrogens (primary N) is 1. The van der Waals surface area contributed by atoms with E-state index in [1.54, 1.807) is 68.6 Å². The predicted molar refractivity (Wildman–Crippen MR) is 283 cm³/mol. The van der Waals surface area contributed by atoms with Crippen LogP contribution in [0.5, 0.6) is 0 Å². The zero-order valence-electron chi connectivity index (χ0n) is 46.3. The minimum absolute atomic E-state index is 0.124. The molecule has 428 valence electrons. The summed E-state index contributed by atoms with van der Waals surface area (Å²) in [6.45, 7) is 19.9. The smallest absolute Gasteiger partial charge is 0.326 e. The Morgan fingerprint density at radius 2 is 0.853 bits per heavy atom. The third-order valence-corrected chi connectivity index (χ3v) is 12.8. The van der Waals surface area contributed by atoms with Crippen LogP contribution in [-0.4, -0.2) is 163 Å². The normalized spacial score (nSPS) is 15.2. The molecule has 11 amide bonds. The summed E-state index contributed by atoms with van der Waals surface area (Å²) in [4.78, 5) is 156. The van der Waals surface area contributed by atoms with Gasteiger partial charge in [-0.3, -0.25) is 52.7 Å². The Bertz CT molecular complexity index is 1960. The molecule has 25 nitrogen and oxygen atoms in total. The minimum Gasteiger partial charge on any atom is -0.480 e. The minimum atomic E-state index is -1.23. The average Bonchev–Trinajstić information content (AvgIpc) is 3.34. The van der Waals surface area contributed by atoms with Gasteiger partial charge in [-0.15, -0.1) is 0 Å². The lowest BCUT2D eigenvalue weighted by molar-refractivity contribution is -0.143. The second kappa shape index (κ2) is 35.3. The number of carbonyl (C=O) groups excluding carboxylic acids is 11. The fourth-order valence-electron chi connectivity index (χ4n) is 7.12. The highest BCUT2D eigenvalue weighted by Gasteiger charge is 2.35. The quantitative estimate of drug-likeness (QED) is 0.0331. The van der Waals surface area contributed by atoms with Crippen molar-refractivity contribution < 1.29 is 62.6 Å². The van der Waals surface area contributed by atoms with E-state index in [4.69, 9.17) is 5.73 Å². The number of carbonyl (C=O) groups is 12. The molecule has 0 aromatic carbocycles. The maximum Gasteiger partial charge on any atom is 0.326 e. The van der Waals surface area contributed by atoms with E-state index in [1.165, 1.54) is 18.7 Å². The lowest BCUT2D eigenvalue weighted by Crippen LogP contribution is -2.60. The van der Waals surface area contributed by atoms with Crippen molar-refractivity contribution in [1.29, 1.82) is 0 Å². The first-order chi connectivity index (χ1) is 34.9. The molecule has 0 aliphatic carbocycles. The summed E-state index contributed by atoms with van der Waals surface area (Å²) in [6.07, 6.45) is 2.97. The summed E-state index contributed by atoms with van der Waals surface area (Å²) in [6, 6.07) is -9.06. The van der Waals surface area contributed by atoms with E-state index in [1.807, 2.05) is 20.8 Å². The molecule has 0 radical (unpaired) electrons. The van der Waals surface area contributed by atoms with E-state index in [2.05, 4.69) is 58.5 Å². The van der Waals surface area contributed by atoms with Gasteiger partial charge in [-0.2, -0.15) is 11.8 Å². The molecule has 10 atom stereocenters. The van der Waals surface area contributed by atoms with Crippen LogP contribution in [0.25, 0.3) is 0 Å². The van der Waals surface area contributed by atoms with Crippen molar-refractivity contribution in [3.63, 3.8) is 0 Å². The second-order valence-corrected chi connectivity index (χ2v) is 21.1. The highest BCUT2D eigenvalue weighted by atomic mass is 32.2. The molecule has 26 heteroatoms. The van der Waals surface area contributed by atoms with Gasteiger partial charge in [-0.25, -0.2) is 4.79 Å². The Morgan fingerprint density at radius 3 is 1.33 bits per heavy atom. The van der Waals surface area contributed by atoms with E-state index in [0.717, 1.165) is 0 Å². The van der Waals surface area contributed by atoms with Crippen molar-refractivity contribution in [2.24, 2.45) is 41.2 Å². The fourth-order valence-corrected chi connectivity index (χ4v) is 7.59. The maximum absolute atomic E-state index is 13.9. The molecule has 0 fully saturated rings. The van der Waals surface area contributed by atoms with Crippen LogP contribution in [0.1, 0.15) is 116 Å². The summed E-state index contributed by atoms with van der Waals surface area (Å²) in [5.41, 5.74) is 5.34. The van der Waals surface area contributed by atoms with E-state index < -0.39 is 163 Å². The first-order valence-electron chi connectivity index (χ1n) is 25.6. The zero-order chi connectivity index (χ0) is 57.9. The van der Waals surface area contributed by atoms with Gasteiger partial charge in [0, 0.05) is 0 Å². The van der Waals surface area contributed by atoms with Crippen LogP contribution in [0, 0.1) is 35.5 Å². The number of amides is 11. The third kappa shape index (κ3) is 25.8. The number of hydrogen-bond acceptors (Lipinski definition) is 14. The van der Waals surface area contributed by atoms with Gasteiger partial charge in [0.15, 0.2) is 0 Å². The lowest BCUT2D eigenvalue weighted by atomic mass is 9.94. The first kappa shape index (κ1) is 69.0. The van der Waals surface area contributed by atoms with Gasteiger partial charge in [0.1, 0.15) is 48.3 Å². The number of aliphatic carboxylic acids is 1. The van der Waals surface area contributed by atoms with Gasteiger partial charge in [0.05, 0.1) is 26.2 Å². The third-order valence-electron chi connectivity index (χ3n) is 12.2. The molecular weight excluding hydrogens is 997 g/mol. The van der Waals surface area contributed by atoms with Crippen molar-refractivity contribution in [2.75, 3.05) is 38.2 Å². The summed E-state index contributed by atoms with van der Waals surface area (Å²) in [5, 5.41) is 37.5. The standard InChI is InChI=1S/C49H88N12O13S/c1-15-28(11)40(61-48(72)41(29(12)16-2)60-42(66)30(13)54-33(62)20-50)46(70)53-23-35(64)55-32(19-24(3)4)44(68)56-31(17-18-75-14)43(67)58-37(25(5)6)45(69)52-21-34(63)51-22-36(65)57-38(26(7)8)47(71)59-39(27(9)10)49(73)74/h24-32,37-41H,15-23,50H2,1-14H3,(H,51,63)(H,52,69)(H,53,70)(H,54,62)(H,55,64)(H,56,68)(H,57,65)(H,58,67)(H,59,71)(H,60,66)(H,61,72)(H,73,74). The largest absolute Gasteiger partial charge is 0.480 e. The summed E-state index contributed by atoms with van der Waals surface area (Å²) in [7, 11) is 0. The number of carboxylic acids is 1. The molecule has 75 heavy (non-hydrogen) atoms. The average molecular weight is 1090 g/mol. The van der Waals surface area contributed by atoms with Crippen LogP contribution in [0.4, 0.5) is 0 Å². The Labute approximate surface area is 446 Å². The molecule has 0 aromatic rings. The van der Waals surface area contributed by atoms with Crippen molar-refractivity contribution in [3.8, 4) is 0 Å². The topological polar surface area (TPSA) is 383 Å². The van der Waals surface area contributed by atoms with Gasteiger partial charge in [0.2, 0.25) is 65.0 Å². The van der Waals surface area contributed by atoms with Gasteiger partial charge in [-0.1, -0.05) is 95.9 Å². The molecule has 0 aliphatic rings. The van der Waals surface area contributed by atoms with Crippen LogP contribution < -0.4 is 64.2 Å². The SMILES string of the molecule is CCC(C)C(NC(=O)C(C)NC(=O)CN)C(=O)NC(C(=O)NCC(=O)NC(CC(C)C)C(=O)NC(CCSC)C(=O)NC(C(=O)NCC(=O)NCC(=O)NC(C(=O)NC(C(=O)O)C(C)C)C(C)C)C(C)C)C(C)CC. The molecule has 14 N–H and O–H groups in total. The number of carboxylic acid groups (broad SMARTS) is 1. The van der Waals surface area contributed by atoms with E-state index >= 15 is 0 Å². The van der Waals surface area contributed by atoms with Crippen LogP contribution in [0.15, 0.2) is 0 Å². The number of rotatable bonds is 35. The molecule has 0 aromatic heterocycles.